The van der Waals surface area contributed by atoms with Crippen LogP contribution in [0.1, 0.15) is 19.4 Å². The number of hydrogen-bond donors (Lipinski definition) is 1. The minimum absolute atomic E-state index is 0.190. The summed E-state index contributed by atoms with van der Waals surface area (Å²) in [6.07, 6.45) is 0.190. The van der Waals surface area contributed by atoms with Gasteiger partial charge in [0.25, 0.3) is 0 Å². The summed E-state index contributed by atoms with van der Waals surface area (Å²) in [6.45, 7) is 7.32. The molecule has 118 valence electrons. The molecule has 0 atom stereocenters. The number of rotatable bonds is 7. The number of hydrogen-bond acceptors (Lipinski definition) is 3. The molecule has 0 saturated heterocycles. The van der Waals surface area contributed by atoms with Gasteiger partial charge in [-0.2, -0.15) is 0 Å². The first-order valence-electron chi connectivity index (χ1n) is 7.44. The zero-order chi connectivity index (χ0) is 15.9. The third kappa shape index (κ3) is 5.15. The molecule has 0 unspecified atom stereocenters. The van der Waals surface area contributed by atoms with Crippen LogP contribution < -0.4 is 14.8 Å². The molecule has 2 rings (SSSR count). The van der Waals surface area contributed by atoms with Gasteiger partial charge in [-0.3, -0.25) is 0 Å². The fraction of sp³-hybridized carbons (Fsp3) is 0.333. The summed E-state index contributed by atoms with van der Waals surface area (Å²) in [5, 5.41) is 4.07. The minimum atomic E-state index is 0.190. The summed E-state index contributed by atoms with van der Waals surface area (Å²) < 4.78 is 11.3. The molecule has 0 aliphatic rings. The van der Waals surface area contributed by atoms with E-state index in [0.29, 0.717) is 6.61 Å². The maximum absolute atomic E-state index is 5.99. The molecule has 0 fully saturated rings. The Morgan fingerprint density at radius 2 is 1.73 bits per heavy atom. The van der Waals surface area contributed by atoms with Crippen LogP contribution in [0.3, 0.4) is 0 Å². The quantitative estimate of drug-likeness (QED) is 0.734. The molecule has 0 saturated carbocycles. The van der Waals surface area contributed by atoms with E-state index in [2.05, 4.69) is 5.32 Å². The van der Waals surface area contributed by atoms with Crippen molar-refractivity contribution in [2.75, 3.05) is 18.5 Å². The molecular formula is C18H22ClNO2. The molecule has 0 heterocycles. The summed E-state index contributed by atoms with van der Waals surface area (Å²) in [5.41, 5.74) is 2.07. The van der Waals surface area contributed by atoms with Crippen LogP contribution in [0, 0.1) is 6.92 Å². The van der Waals surface area contributed by atoms with Gasteiger partial charge in [0.2, 0.25) is 0 Å². The van der Waals surface area contributed by atoms with Gasteiger partial charge in [-0.1, -0.05) is 11.6 Å². The van der Waals surface area contributed by atoms with E-state index in [-0.39, 0.29) is 6.10 Å². The summed E-state index contributed by atoms with van der Waals surface area (Å²) >= 11 is 5.99. The second-order valence-corrected chi connectivity index (χ2v) is 5.78. The average molecular weight is 320 g/mol. The van der Waals surface area contributed by atoms with E-state index < -0.39 is 0 Å². The zero-order valence-corrected chi connectivity index (χ0v) is 14.0. The van der Waals surface area contributed by atoms with Crippen molar-refractivity contribution in [3.8, 4) is 11.5 Å². The van der Waals surface area contributed by atoms with Gasteiger partial charge in [0, 0.05) is 17.3 Å². The standard InChI is InChI=1S/C18H22ClNO2/c1-13(2)22-16-6-4-15(5-7-16)20-10-11-21-17-8-9-18(19)14(3)12-17/h4-9,12-13,20H,10-11H2,1-3H3. The summed E-state index contributed by atoms with van der Waals surface area (Å²) in [6, 6.07) is 13.6. The van der Waals surface area contributed by atoms with E-state index in [1.54, 1.807) is 0 Å². The molecule has 0 spiro atoms. The van der Waals surface area contributed by atoms with Crippen molar-refractivity contribution in [2.24, 2.45) is 0 Å². The van der Waals surface area contributed by atoms with E-state index in [4.69, 9.17) is 21.1 Å². The lowest BCUT2D eigenvalue weighted by Gasteiger charge is -2.12. The molecule has 0 aliphatic heterocycles. The lowest BCUT2D eigenvalue weighted by atomic mass is 10.2. The van der Waals surface area contributed by atoms with Gasteiger partial charge in [-0.05, 0) is 68.8 Å². The number of ether oxygens (including phenoxy) is 2. The Balaban J connectivity index is 1.75. The third-order valence-electron chi connectivity index (χ3n) is 3.06. The van der Waals surface area contributed by atoms with Gasteiger partial charge in [0.15, 0.2) is 0 Å². The highest BCUT2D eigenvalue weighted by molar-refractivity contribution is 6.31. The van der Waals surface area contributed by atoms with Crippen LogP contribution in [0.15, 0.2) is 42.5 Å². The number of nitrogens with one attached hydrogen (secondary N) is 1. The van der Waals surface area contributed by atoms with Gasteiger partial charge in [0.1, 0.15) is 18.1 Å². The van der Waals surface area contributed by atoms with Crippen LogP contribution in [-0.4, -0.2) is 19.3 Å². The third-order valence-corrected chi connectivity index (χ3v) is 3.48. The first-order chi connectivity index (χ1) is 10.5. The first kappa shape index (κ1) is 16.5. The van der Waals surface area contributed by atoms with Crippen LogP contribution in [0.2, 0.25) is 5.02 Å². The highest BCUT2D eigenvalue weighted by Crippen LogP contribution is 2.21. The SMILES string of the molecule is Cc1cc(OCCNc2ccc(OC(C)C)cc2)ccc1Cl. The Labute approximate surface area is 137 Å². The Hall–Kier alpha value is -1.87. The number of benzene rings is 2. The molecule has 1 N–H and O–H groups in total. The van der Waals surface area contributed by atoms with Crippen molar-refractivity contribution >= 4 is 17.3 Å². The molecular weight excluding hydrogens is 298 g/mol. The second-order valence-electron chi connectivity index (χ2n) is 5.38. The van der Waals surface area contributed by atoms with Gasteiger partial charge in [-0.25, -0.2) is 0 Å². The first-order valence-corrected chi connectivity index (χ1v) is 7.82. The average Bonchev–Trinajstić information content (AvgIpc) is 2.48. The molecule has 22 heavy (non-hydrogen) atoms. The predicted octanol–water partition coefficient (Wildman–Crippen LogP) is 4.93. The van der Waals surface area contributed by atoms with Crippen molar-refractivity contribution in [3.63, 3.8) is 0 Å². The van der Waals surface area contributed by atoms with Gasteiger partial charge < -0.3 is 14.8 Å². The Bertz CT molecular complexity index is 597. The molecule has 0 radical (unpaired) electrons. The maximum Gasteiger partial charge on any atom is 0.119 e. The minimum Gasteiger partial charge on any atom is -0.492 e. The van der Waals surface area contributed by atoms with Gasteiger partial charge in [0.05, 0.1) is 6.10 Å². The van der Waals surface area contributed by atoms with E-state index >= 15 is 0 Å². The van der Waals surface area contributed by atoms with Gasteiger partial charge >= 0.3 is 0 Å². The zero-order valence-electron chi connectivity index (χ0n) is 13.2. The normalized spacial score (nSPS) is 10.6. The number of halogens is 1. The van der Waals surface area contributed by atoms with Crippen LogP contribution in [0.5, 0.6) is 11.5 Å². The summed E-state index contributed by atoms with van der Waals surface area (Å²) in [7, 11) is 0. The summed E-state index contributed by atoms with van der Waals surface area (Å²) in [5.74, 6) is 1.72. The highest BCUT2D eigenvalue weighted by atomic mass is 35.5. The highest BCUT2D eigenvalue weighted by Gasteiger charge is 2.00. The monoisotopic (exact) mass is 319 g/mol. The van der Waals surface area contributed by atoms with Crippen molar-refractivity contribution < 1.29 is 9.47 Å². The Kier molecular flexibility index (Phi) is 5.96. The predicted molar refractivity (Wildman–Crippen MR) is 92.4 cm³/mol. The molecule has 0 aliphatic carbocycles. The van der Waals surface area contributed by atoms with E-state index in [1.165, 1.54) is 0 Å². The van der Waals surface area contributed by atoms with Crippen LogP contribution in [0.25, 0.3) is 0 Å². The fourth-order valence-electron chi connectivity index (χ4n) is 1.99. The van der Waals surface area contributed by atoms with E-state index in [9.17, 15) is 0 Å². The smallest absolute Gasteiger partial charge is 0.119 e. The molecule has 0 bridgehead atoms. The van der Waals surface area contributed by atoms with Gasteiger partial charge in [-0.15, -0.1) is 0 Å². The van der Waals surface area contributed by atoms with Crippen molar-refractivity contribution in [1.29, 1.82) is 0 Å². The molecule has 2 aromatic rings. The maximum atomic E-state index is 5.99. The fourth-order valence-corrected chi connectivity index (χ4v) is 2.11. The lowest BCUT2D eigenvalue weighted by Crippen LogP contribution is -2.11. The second kappa shape index (κ2) is 7.95. The Morgan fingerprint density at radius 3 is 2.36 bits per heavy atom. The lowest BCUT2D eigenvalue weighted by molar-refractivity contribution is 0.242. The number of anilines is 1. The van der Waals surface area contributed by atoms with Crippen LogP contribution >= 0.6 is 11.6 Å². The molecule has 4 heteroatoms. The largest absolute Gasteiger partial charge is 0.492 e. The topological polar surface area (TPSA) is 30.5 Å². The van der Waals surface area contributed by atoms with Crippen molar-refractivity contribution in [1.82, 2.24) is 0 Å². The molecule has 0 aromatic heterocycles. The number of aryl methyl sites for hydroxylation is 1. The van der Waals surface area contributed by atoms with E-state index in [0.717, 1.165) is 34.3 Å². The summed E-state index contributed by atoms with van der Waals surface area (Å²) in [4.78, 5) is 0. The van der Waals surface area contributed by atoms with Crippen molar-refractivity contribution in [2.45, 2.75) is 26.9 Å². The van der Waals surface area contributed by atoms with Crippen molar-refractivity contribution in [3.05, 3.63) is 53.1 Å². The molecule has 0 amide bonds. The molecule has 2 aromatic carbocycles. The Morgan fingerprint density at radius 1 is 1.05 bits per heavy atom. The van der Waals surface area contributed by atoms with Crippen LogP contribution in [0.4, 0.5) is 5.69 Å². The van der Waals surface area contributed by atoms with Crippen LogP contribution in [-0.2, 0) is 0 Å². The van der Waals surface area contributed by atoms with E-state index in [1.807, 2.05) is 63.2 Å². The molecule has 3 nitrogen and oxygen atoms in total.